The minimum absolute atomic E-state index is 0.0649. The molecule has 1 N–H and O–H groups in total. The van der Waals surface area contributed by atoms with Gasteiger partial charge in [0.25, 0.3) is 5.91 Å². The maximum atomic E-state index is 12.7. The molecule has 1 aliphatic heterocycles. The van der Waals surface area contributed by atoms with E-state index in [0.717, 1.165) is 0 Å². The van der Waals surface area contributed by atoms with E-state index in [9.17, 15) is 14.7 Å². The van der Waals surface area contributed by atoms with E-state index >= 15 is 0 Å². The van der Waals surface area contributed by atoms with Gasteiger partial charge in [-0.15, -0.1) is 0 Å². The normalized spacial score (nSPS) is 21.3. The van der Waals surface area contributed by atoms with Crippen LogP contribution in [0.5, 0.6) is 0 Å². The third kappa shape index (κ3) is 3.17. The first-order valence-electron chi connectivity index (χ1n) is 7.74. The minimum atomic E-state index is -0.907. The maximum absolute atomic E-state index is 12.7. The number of nitrogens with zero attached hydrogens (tertiary/aromatic N) is 3. The van der Waals surface area contributed by atoms with E-state index in [-0.39, 0.29) is 35.0 Å². The van der Waals surface area contributed by atoms with Gasteiger partial charge in [0, 0.05) is 19.0 Å². The number of hydrogen-bond donors (Lipinski definition) is 1. The van der Waals surface area contributed by atoms with Gasteiger partial charge in [0.05, 0.1) is 16.6 Å². The van der Waals surface area contributed by atoms with E-state index in [1.165, 1.54) is 11.1 Å². The third-order valence-corrected chi connectivity index (χ3v) is 4.88. The van der Waals surface area contributed by atoms with Crippen LogP contribution < -0.4 is 0 Å². The summed E-state index contributed by atoms with van der Waals surface area (Å²) in [4.78, 5) is 34.4. The monoisotopic (exact) mass is 339 g/mol. The fourth-order valence-electron chi connectivity index (χ4n) is 2.86. The minimum Gasteiger partial charge on any atom is -0.481 e. The summed E-state index contributed by atoms with van der Waals surface area (Å²) in [7, 11) is 0. The summed E-state index contributed by atoms with van der Waals surface area (Å²) in [6.07, 6.45) is 1.87. The van der Waals surface area contributed by atoms with E-state index in [1.807, 2.05) is 27.7 Å². The Labute approximate surface area is 140 Å². The average molecular weight is 340 g/mol. The topological polar surface area (TPSA) is 83.4 Å². The van der Waals surface area contributed by atoms with Crippen molar-refractivity contribution in [3.63, 3.8) is 0 Å². The van der Waals surface area contributed by atoms with Crippen molar-refractivity contribution in [2.75, 3.05) is 13.1 Å². The molecular formula is C16H22ClN3O3. The van der Waals surface area contributed by atoms with Crippen LogP contribution in [0.3, 0.4) is 0 Å². The fourth-order valence-corrected chi connectivity index (χ4v) is 3.03. The second-order valence-electron chi connectivity index (χ2n) is 6.67. The van der Waals surface area contributed by atoms with Gasteiger partial charge in [-0.3, -0.25) is 9.59 Å². The second kappa shape index (κ2) is 6.43. The van der Waals surface area contributed by atoms with Gasteiger partial charge in [-0.2, -0.15) is 0 Å². The number of halogens is 1. The van der Waals surface area contributed by atoms with E-state index in [4.69, 9.17) is 11.6 Å². The van der Waals surface area contributed by atoms with Crippen molar-refractivity contribution in [3.8, 4) is 0 Å². The molecule has 2 rings (SSSR count). The molecule has 1 saturated heterocycles. The highest BCUT2D eigenvalue weighted by Crippen LogP contribution is 2.38. The van der Waals surface area contributed by atoms with Crippen molar-refractivity contribution in [2.45, 2.75) is 40.0 Å². The molecule has 126 valence electrons. The lowest BCUT2D eigenvalue weighted by atomic mass is 9.76. The average Bonchev–Trinajstić information content (AvgIpc) is 2.93. The molecule has 1 amide bonds. The summed E-state index contributed by atoms with van der Waals surface area (Å²) in [5, 5.41) is 9.78. The van der Waals surface area contributed by atoms with Gasteiger partial charge < -0.3 is 10.0 Å². The van der Waals surface area contributed by atoms with E-state index < -0.39 is 11.4 Å². The molecule has 1 aromatic rings. The Morgan fingerprint density at radius 2 is 2.00 bits per heavy atom. The Balaban J connectivity index is 2.29. The standard InChI is InChI=1S/C16H22ClN3O3/c1-9(2)13-18-7-11(17)12(19-13)14(21)20-6-5-16(8-20,10(3)4)15(22)23/h7,9-10H,5-6,8H2,1-4H3,(H,22,23). The molecule has 0 aliphatic carbocycles. The quantitative estimate of drug-likeness (QED) is 0.911. The van der Waals surface area contributed by atoms with Gasteiger partial charge in [0.15, 0.2) is 5.69 Å². The highest BCUT2D eigenvalue weighted by atomic mass is 35.5. The van der Waals surface area contributed by atoms with Crippen molar-refractivity contribution in [1.29, 1.82) is 0 Å². The summed E-state index contributed by atoms with van der Waals surface area (Å²) in [5.41, 5.74) is -0.758. The van der Waals surface area contributed by atoms with Crippen molar-refractivity contribution in [2.24, 2.45) is 11.3 Å². The van der Waals surface area contributed by atoms with Crippen LogP contribution in [0.1, 0.15) is 56.3 Å². The van der Waals surface area contributed by atoms with Crippen molar-refractivity contribution in [1.82, 2.24) is 14.9 Å². The van der Waals surface area contributed by atoms with Gasteiger partial charge in [0.2, 0.25) is 0 Å². The molecule has 23 heavy (non-hydrogen) atoms. The number of rotatable bonds is 4. The Morgan fingerprint density at radius 1 is 1.35 bits per heavy atom. The zero-order valence-electron chi connectivity index (χ0n) is 13.8. The zero-order valence-corrected chi connectivity index (χ0v) is 14.6. The Kier molecular flexibility index (Phi) is 4.94. The first kappa shape index (κ1) is 17.7. The molecular weight excluding hydrogens is 318 g/mol. The Hall–Kier alpha value is -1.69. The zero-order chi connectivity index (χ0) is 17.4. The summed E-state index contributed by atoms with van der Waals surface area (Å²) in [6.45, 7) is 8.17. The molecule has 0 bridgehead atoms. The van der Waals surface area contributed by atoms with Crippen LogP contribution >= 0.6 is 11.6 Å². The number of hydrogen-bond acceptors (Lipinski definition) is 4. The second-order valence-corrected chi connectivity index (χ2v) is 7.08. The van der Waals surface area contributed by atoms with Crippen LogP contribution in [-0.2, 0) is 4.79 Å². The van der Waals surface area contributed by atoms with E-state index in [2.05, 4.69) is 9.97 Å². The Morgan fingerprint density at radius 3 is 2.48 bits per heavy atom. The lowest BCUT2D eigenvalue weighted by Crippen LogP contribution is -2.40. The third-order valence-electron chi connectivity index (χ3n) is 4.60. The highest BCUT2D eigenvalue weighted by Gasteiger charge is 2.48. The van der Waals surface area contributed by atoms with Gasteiger partial charge in [-0.1, -0.05) is 39.3 Å². The van der Waals surface area contributed by atoms with Crippen LogP contribution in [0.4, 0.5) is 0 Å². The summed E-state index contributed by atoms with van der Waals surface area (Å²) >= 11 is 6.08. The van der Waals surface area contributed by atoms with Crippen LogP contribution in [0.2, 0.25) is 5.02 Å². The van der Waals surface area contributed by atoms with E-state index in [1.54, 1.807) is 0 Å². The lowest BCUT2D eigenvalue weighted by Gasteiger charge is -2.28. The van der Waals surface area contributed by atoms with Gasteiger partial charge in [0.1, 0.15) is 5.82 Å². The molecule has 0 radical (unpaired) electrons. The molecule has 1 unspecified atom stereocenters. The molecule has 6 nitrogen and oxygen atoms in total. The molecule has 1 aliphatic rings. The number of aliphatic carboxylic acids is 1. The van der Waals surface area contributed by atoms with Crippen molar-refractivity contribution < 1.29 is 14.7 Å². The molecule has 0 aromatic carbocycles. The number of carbonyl (C=O) groups excluding carboxylic acids is 1. The molecule has 0 saturated carbocycles. The fraction of sp³-hybridized carbons (Fsp3) is 0.625. The predicted molar refractivity (Wildman–Crippen MR) is 86.6 cm³/mol. The molecule has 7 heteroatoms. The SMILES string of the molecule is CC(C)c1ncc(Cl)c(C(=O)N2CCC(C(=O)O)(C(C)C)C2)n1. The number of likely N-dealkylation sites (tertiary alicyclic amines) is 1. The first-order chi connectivity index (χ1) is 10.7. The first-order valence-corrected chi connectivity index (χ1v) is 8.12. The number of carbonyl (C=O) groups is 2. The maximum Gasteiger partial charge on any atom is 0.311 e. The molecule has 0 spiro atoms. The predicted octanol–water partition coefficient (Wildman–Crippen LogP) is 2.83. The van der Waals surface area contributed by atoms with Crippen molar-refractivity contribution >= 4 is 23.5 Å². The van der Waals surface area contributed by atoms with Crippen LogP contribution in [-0.4, -0.2) is 44.9 Å². The lowest BCUT2D eigenvalue weighted by molar-refractivity contribution is -0.150. The summed E-state index contributed by atoms with van der Waals surface area (Å²) in [5.74, 6) is -0.635. The van der Waals surface area contributed by atoms with Crippen LogP contribution in [0.25, 0.3) is 0 Å². The van der Waals surface area contributed by atoms with E-state index in [0.29, 0.717) is 18.8 Å². The molecule has 1 aromatic heterocycles. The molecule has 2 heterocycles. The Bertz CT molecular complexity index is 633. The van der Waals surface area contributed by atoms with Crippen LogP contribution in [0, 0.1) is 11.3 Å². The molecule has 1 fully saturated rings. The number of carboxylic acid groups (broad SMARTS) is 1. The largest absolute Gasteiger partial charge is 0.481 e. The summed E-state index contributed by atoms with van der Waals surface area (Å²) < 4.78 is 0. The number of carboxylic acids is 1. The van der Waals surface area contributed by atoms with Gasteiger partial charge in [-0.05, 0) is 12.3 Å². The number of amides is 1. The van der Waals surface area contributed by atoms with Gasteiger partial charge >= 0.3 is 5.97 Å². The summed E-state index contributed by atoms with van der Waals surface area (Å²) in [6, 6.07) is 0. The number of aromatic nitrogens is 2. The smallest absolute Gasteiger partial charge is 0.311 e. The molecule has 1 atom stereocenters. The van der Waals surface area contributed by atoms with Crippen LogP contribution in [0.15, 0.2) is 6.20 Å². The highest BCUT2D eigenvalue weighted by molar-refractivity contribution is 6.33. The van der Waals surface area contributed by atoms with Gasteiger partial charge in [-0.25, -0.2) is 9.97 Å². The van der Waals surface area contributed by atoms with Crippen molar-refractivity contribution in [3.05, 3.63) is 22.7 Å².